The van der Waals surface area contributed by atoms with E-state index in [1.54, 1.807) is 0 Å². The first-order chi connectivity index (χ1) is 12.6. The molecule has 0 saturated heterocycles. The summed E-state index contributed by atoms with van der Waals surface area (Å²) in [5, 5.41) is 25.8. The summed E-state index contributed by atoms with van der Waals surface area (Å²) in [6, 6.07) is 4.39. The standard InChI is InChI=1S/C9H7F3O2.C8H5F3O3.CH4/c1-5-2-6(8(13)14)4-7(3-5)9(10,11)12;9-8(10,11)5-1-4(7(13)14)2-6(12)3-5;/h2-4H,1H3,(H,13,14);1-3,12H,(H,13,14);1H4. The number of phenols is 1. The van der Waals surface area contributed by atoms with Crippen LogP contribution < -0.4 is 0 Å². The molecule has 11 heteroatoms. The van der Waals surface area contributed by atoms with Gasteiger partial charge in [0, 0.05) is 0 Å². The summed E-state index contributed by atoms with van der Waals surface area (Å²) in [4.78, 5) is 20.8. The molecule has 5 nitrogen and oxygen atoms in total. The van der Waals surface area contributed by atoms with Crippen molar-refractivity contribution in [3.8, 4) is 5.75 Å². The number of aryl methyl sites for hydroxylation is 1. The van der Waals surface area contributed by atoms with Crippen LogP contribution >= 0.6 is 0 Å². The summed E-state index contributed by atoms with van der Waals surface area (Å²) in [7, 11) is 0. The molecule has 0 fully saturated rings. The fourth-order valence-electron chi connectivity index (χ4n) is 1.97. The van der Waals surface area contributed by atoms with E-state index in [2.05, 4.69) is 0 Å². The molecule has 0 aromatic heterocycles. The van der Waals surface area contributed by atoms with E-state index in [9.17, 15) is 35.9 Å². The zero-order valence-electron chi connectivity index (χ0n) is 13.9. The lowest BCUT2D eigenvalue weighted by Gasteiger charge is -2.08. The van der Waals surface area contributed by atoms with Gasteiger partial charge in [0.1, 0.15) is 5.75 Å². The Balaban J connectivity index is 0.000000523. The van der Waals surface area contributed by atoms with Crippen LogP contribution in [-0.4, -0.2) is 27.3 Å². The summed E-state index contributed by atoms with van der Waals surface area (Å²) < 4.78 is 73.0. The van der Waals surface area contributed by atoms with E-state index >= 15 is 0 Å². The van der Waals surface area contributed by atoms with E-state index in [4.69, 9.17) is 15.3 Å². The Morgan fingerprint density at radius 1 is 0.724 bits per heavy atom. The van der Waals surface area contributed by atoms with Gasteiger partial charge in [-0.25, -0.2) is 9.59 Å². The fourth-order valence-corrected chi connectivity index (χ4v) is 1.97. The highest BCUT2D eigenvalue weighted by molar-refractivity contribution is 5.88. The van der Waals surface area contributed by atoms with Crippen molar-refractivity contribution in [3.63, 3.8) is 0 Å². The maximum atomic E-state index is 12.2. The molecule has 0 atom stereocenters. The summed E-state index contributed by atoms with van der Waals surface area (Å²) in [6.45, 7) is 1.42. The van der Waals surface area contributed by atoms with Crippen LogP contribution in [0, 0.1) is 6.92 Å². The highest BCUT2D eigenvalue weighted by atomic mass is 19.4. The number of halogens is 6. The average Bonchev–Trinajstić information content (AvgIpc) is 2.52. The molecule has 0 saturated carbocycles. The molecule has 3 N–H and O–H groups in total. The van der Waals surface area contributed by atoms with Gasteiger partial charge in [-0.15, -0.1) is 0 Å². The third-order valence-corrected chi connectivity index (χ3v) is 3.14. The van der Waals surface area contributed by atoms with E-state index < -0.39 is 46.7 Å². The Morgan fingerprint density at radius 3 is 1.48 bits per heavy atom. The second kappa shape index (κ2) is 9.30. The summed E-state index contributed by atoms with van der Waals surface area (Å²) >= 11 is 0. The first kappa shape index (κ1) is 25.8. The first-order valence-electron chi connectivity index (χ1n) is 7.18. The van der Waals surface area contributed by atoms with E-state index in [-0.39, 0.29) is 18.6 Å². The van der Waals surface area contributed by atoms with Gasteiger partial charge in [-0.1, -0.05) is 7.43 Å². The molecule has 160 valence electrons. The Labute approximate surface area is 160 Å². The van der Waals surface area contributed by atoms with Crippen molar-refractivity contribution in [2.24, 2.45) is 0 Å². The molecule has 2 rings (SSSR count). The Morgan fingerprint density at radius 2 is 1.10 bits per heavy atom. The number of aromatic carboxylic acids is 2. The van der Waals surface area contributed by atoms with Gasteiger partial charge in [0.25, 0.3) is 0 Å². The molecule has 0 aliphatic carbocycles. The Kier molecular flexibility index (Phi) is 8.26. The number of phenolic OH excluding ortho intramolecular Hbond substituents is 1. The zero-order chi connectivity index (χ0) is 21.9. The van der Waals surface area contributed by atoms with Crippen molar-refractivity contribution in [3.05, 3.63) is 64.2 Å². The number of benzene rings is 2. The molecule has 0 aliphatic heterocycles. The maximum absolute atomic E-state index is 12.2. The fraction of sp³-hybridized carbons (Fsp3) is 0.222. The van der Waals surface area contributed by atoms with Gasteiger partial charge in [0.05, 0.1) is 22.3 Å². The lowest BCUT2D eigenvalue weighted by atomic mass is 10.1. The molecular weight excluding hydrogens is 410 g/mol. The van der Waals surface area contributed by atoms with Crippen LogP contribution in [0.1, 0.15) is 44.8 Å². The Bertz CT molecular complexity index is 814. The smallest absolute Gasteiger partial charge is 0.416 e. The van der Waals surface area contributed by atoms with Crippen molar-refractivity contribution in [2.45, 2.75) is 26.7 Å². The van der Waals surface area contributed by atoms with Crippen LogP contribution in [0.5, 0.6) is 5.75 Å². The van der Waals surface area contributed by atoms with Gasteiger partial charge in [-0.05, 0) is 48.9 Å². The number of hydrogen-bond acceptors (Lipinski definition) is 3. The van der Waals surface area contributed by atoms with E-state index in [0.29, 0.717) is 18.2 Å². The van der Waals surface area contributed by atoms with Crippen molar-refractivity contribution in [1.82, 2.24) is 0 Å². The quantitative estimate of drug-likeness (QED) is 0.555. The largest absolute Gasteiger partial charge is 0.508 e. The predicted molar refractivity (Wildman–Crippen MR) is 89.9 cm³/mol. The van der Waals surface area contributed by atoms with Crippen molar-refractivity contribution < 1.29 is 51.3 Å². The Hall–Kier alpha value is -3.24. The molecule has 0 amide bonds. The summed E-state index contributed by atoms with van der Waals surface area (Å²) in [5.41, 5.74) is -2.79. The summed E-state index contributed by atoms with van der Waals surface area (Å²) in [6.07, 6.45) is -9.17. The third-order valence-electron chi connectivity index (χ3n) is 3.14. The van der Waals surface area contributed by atoms with Crippen LogP contribution in [0.4, 0.5) is 26.3 Å². The molecule has 2 aromatic carbocycles. The summed E-state index contributed by atoms with van der Waals surface area (Å²) in [5.74, 6) is -3.61. The number of rotatable bonds is 2. The van der Waals surface area contributed by atoms with Crippen molar-refractivity contribution >= 4 is 11.9 Å². The van der Waals surface area contributed by atoms with Crippen LogP contribution in [0.25, 0.3) is 0 Å². The topological polar surface area (TPSA) is 94.8 Å². The number of hydrogen-bond donors (Lipinski definition) is 3. The van der Waals surface area contributed by atoms with E-state index in [0.717, 1.165) is 12.1 Å². The van der Waals surface area contributed by atoms with Gasteiger partial charge < -0.3 is 15.3 Å². The molecule has 0 heterocycles. The molecule has 2 aromatic rings. The monoisotopic (exact) mass is 426 g/mol. The molecule has 0 spiro atoms. The van der Waals surface area contributed by atoms with Crippen LogP contribution in [-0.2, 0) is 12.4 Å². The highest BCUT2D eigenvalue weighted by Crippen LogP contribution is 2.32. The zero-order valence-corrected chi connectivity index (χ0v) is 13.9. The number of alkyl halides is 6. The van der Waals surface area contributed by atoms with E-state index in [1.165, 1.54) is 13.0 Å². The number of carbonyl (C=O) groups is 2. The average molecular weight is 426 g/mol. The van der Waals surface area contributed by atoms with Crippen molar-refractivity contribution in [1.29, 1.82) is 0 Å². The highest BCUT2D eigenvalue weighted by Gasteiger charge is 2.32. The van der Waals surface area contributed by atoms with Crippen molar-refractivity contribution in [2.75, 3.05) is 0 Å². The predicted octanol–water partition coefficient (Wildman–Crippen LogP) is 5.46. The normalized spacial score (nSPS) is 11.0. The molecule has 0 bridgehead atoms. The van der Waals surface area contributed by atoms with Crippen LogP contribution in [0.15, 0.2) is 36.4 Å². The van der Waals surface area contributed by atoms with Gasteiger partial charge in [-0.3, -0.25) is 0 Å². The van der Waals surface area contributed by atoms with Crippen LogP contribution in [0.3, 0.4) is 0 Å². The number of carboxylic acid groups (broad SMARTS) is 2. The lowest BCUT2D eigenvalue weighted by molar-refractivity contribution is -0.138. The van der Waals surface area contributed by atoms with Gasteiger partial charge in [0.15, 0.2) is 0 Å². The molecular formula is C18H16F6O5. The molecule has 29 heavy (non-hydrogen) atoms. The molecule has 0 radical (unpaired) electrons. The maximum Gasteiger partial charge on any atom is 0.416 e. The number of carboxylic acids is 2. The van der Waals surface area contributed by atoms with Crippen LogP contribution in [0.2, 0.25) is 0 Å². The minimum Gasteiger partial charge on any atom is -0.508 e. The molecule has 0 aliphatic rings. The van der Waals surface area contributed by atoms with E-state index in [1.807, 2.05) is 0 Å². The van der Waals surface area contributed by atoms with Gasteiger partial charge in [0.2, 0.25) is 0 Å². The lowest BCUT2D eigenvalue weighted by Crippen LogP contribution is -2.08. The second-order valence-electron chi connectivity index (χ2n) is 5.46. The van der Waals surface area contributed by atoms with Gasteiger partial charge >= 0.3 is 24.3 Å². The van der Waals surface area contributed by atoms with Gasteiger partial charge in [-0.2, -0.15) is 26.3 Å². The third kappa shape index (κ3) is 7.72. The first-order valence-corrected chi connectivity index (χ1v) is 7.18. The minimum atomic E-state index is -4.66. The SMILES string of the molecule is C.Cc1cc(C(=O)O)cc(C(F)(F)F)c1.O=C(O)c1cc(O)cc(C(F)(F)F)c1. The number of aromatic hydroxyl groups is 1. The minimum absolute atomic E-state index is 0. The molecule has 0 unspecified atom stereocenters. The second-order valence-corrected chi connectivity index (χ2v) is 5.46.